The van der Waals surface area contributed by atoms with Gasteiger partial charge in [-0.3, -0.25) is 4.79 Å². The zero-order chi connectivity index (χ0) is 21.3. The highest BCUT2D eigenvalue weighted by molar-refractivity contribution is 6.03. The van der Waals surface area contributed by atoms with Gasteiger partial charge in [0.05, 0.1) is 5.69 Å². The SMILES string of the molecule is O=C(Nc1ccc(-c2nnco2)cc1)c1nnn(-c2cccc(F)c2)c1C(F)(F)F. The minimum atomic E-state index is -4.97. The Morgan fingerprint density at radius 3 is 2.47 bits per heavy atom. The fourth-order valence-corrected chi connectivity index (χ4v) is 2.66. The van der Waals surface area contributed by atoms with E-state index in [0.29, 0.717) is 10.2 Å². The van der Waals surface area contributed by atoms with E-state index in [-0.39, 0.29) is 17.3 Å². The van der Waals surface area contributed by atoms with Crippen molar-refractivity contribution < 1.29 is 26.8 Å². The minimum absolute atomic E-state index is 0.205. The van der Waals surface area contributed by atoms with Crippen LogP contribution in [-0.4, -0.2) is 31.1 Å². The highest BCUT2D eigenvalue weighted by atomic mass is 19.4. The molecule has 0 aliphatic rings. The maximum absolute atomic E-state index is 13.6. The van der Waals surface area contributed by atoms with Gasteiger partial charge in [-0.25, -0.2) is 9.07 Å². The van der Waals surface area contributed by atoms with E-state index in [4.69, 9.17) is 4.42 Å². The molecule has 30 heavy (non-hydrogen) atoms. The molecule has 0 aliphatic carbocycles. The number of nitrogens with one attached hydrogen (secondary N) is 1. The van der Waals surface area contributed by atoms with E-state index in [1.807, 2.05) is 0 Å². The maximum Gasteiger partial charge on any atom is 0.435 e. The molecular weight excluding hydrogens is 408 g/mol. The quantitative estimate of drug-likeness (QED) is 0.507. The Kier molecular flexibility index (Phi) is 4.74. The fourth-order valence-electron chi connectivity index (χ4n) is 2.66. The molecule has 0 saturated heterocycles. The first kappa shape index (κ1) is 19.2. The summed E-state index contributed by atoms with van der Waals surface area (Å²) in [4.78, 5) is 12.5. The average molecular weight is 418 g/mol. The van der Waals surface area contributed by atoms with Crippen LogP contribution in [-0.2, 0) is 6.18 Å². The average Bonchev–Trinajstić information content (AvgIpc) is 3.38. The van der Waals surface area contributed by atoms with Gasteiger partial charge in [0.2, 0.25) is 12.3 Å². The number of anilines is 1. The largest absolute Gasteiger partial charge is 0.435 e. The normalized spacial score (nSPS) is 11.5. The Hall–Kier alpha value is -4.09. The van der Waals surface area contributed by atoms with Gasteiger partial charge < -0.3 is 9.73 Å². The number of carbonyl (C=O) groups excluding carboxylic acids is 1. The molecule has 12 heteroatoms. The van der Waals surface area contributed by atoms with Crippen molar-refractivity contribution in [1.29, 1.82) is 0 Å². The molecule has 2 heterocycles. The predicted molar refractivity (Wildman–Crippen MR) is 94.0 cm³/mol. The number of hydrogen-bond donors (Lipinski definition) is 1. The van der Waals surface area contributed by atoms with E-state index in [1.165, 1.54) is 36.4 Å². The van der Waals surface area contributed by atoms with E-state index in [9.17, 15) is 22.4 Å². The molecule has 0 spiro atoms. The minimum Gasteiger partial charge on any atom is -0.423 e. The molecular formula is C18H10F4N6O2. The van der Waals surface area contributed by atoms with Gasteiger partial charge >= 0.3 is 6.18 Å². The van der Waals surface area contributed by atoms with Crippen molar-refractivity contribution in [3.63, 3.8) is 0 Å². The Bertz CT molecular complexity index is 1190. The lowest BCUT2D eigenvalue weighted by molar-refractivity contribution is -0.143. The monoisotopic (exact) mass is 418 g/mol. The topological polar surface area (TPSA) is 98.7 Å². The van der Waals surface area contributed by atoms with Crippen molar-refractivity contribution in [2.24, 2.45) is 0 Å². The van der Waals surface area contributed by atoms with Crippen LogP contribution in [0.1, 0.15) is 16.2 Å². The van der Waals surface area contributed by atoms with Crippen molar-refractivity contribution in [3.05, 3.63) is 72.1 Å². The Morgan fingerprint density at radius 2 is 1.83 bits per heavy atom. The molecule has 0 bridgehead atoms. The number of hydrogen-bond acceptors (Lipinski definition) is 6. The fraction of sp³-hybridized carbons (Fsp3) is 0.0556. The molecule has 0 fully saturated rings. The molecule has 2 aromatic carbocycles. The van der Waals surface area contributed by atoms with Crippen molar-refractivity contribution >= 4 is 11.6 Å². The molecule has 1 amide bonds. The van der Waals surface area contributed by atoms with Gasteiger partial charge in [-0.05, 0) is 42.5 Å². The van der Waals surface area contributed by atoms with Crippen LogP contribution in [0.5, 0.6) is 0 Å². The van der Waals surface area contributed by atoms with E-state index in [1.54, 1.807) is 0 Å². The van der Waals surface area contributed by atoms with E-state index in [2.05, 4.69) is 25.8 Å². The van der Waals surface area contributed by atoms with Crippen molar-refractivity contribution in [3.8, 4) is 17.1 Å². The van der Waals surface area contributed by atoms with Gasteiger partial charge in [0.25, 0.3) is 5.91 Å². The smallest absolute Gasteiger partial charge is 0.423 e. The van der Waals surface area contributed by atoms with Crippen LogP contribution in [0.3, 0.4) is 0 Å². The summed E-state index contributed by atoms with van der Waals surface area (Å²) in [6, 6.07) is 10.3. The molecule has 4 aromatic rings. The number of aromatic nitrogens is 5. The molecule has 8 nitrogen and oxygen atoms in total. The number of alkyl halides is 3. The van der Waals surface area contributed by atoms with Crippen LogP contribution in [0.2, 0.25) is 0 Å². The van der Waals surface area contributed by atoms with Crippen LogP contribution in [0.4, 0.5) is 23.2 Å². The second-order valence-corrected chi connectivity index (χ2v) is 5.95. The molecule has 0 aliphatic heterocycles. The molecule has 0 saturated carbocycles. The predicted octanol–water partition coefficient (Wildman–Crippen LogP) is 3.73. The van der Waals surface area contributed by atoms with Crippen LogP contribution >= 0.6 is 0 Å². The van der Waals surface area contributed by atoms with E-state index < -0.39 is 29.3 Å². The summed E-state index contributed by atoms with van der Waals surface area (Å²) in [5, 5.41) is 16.4. The summed E-state index contributed by atoms with van der Waals surface area (Å²) in [5.74, 6) is -1.65. The lowest BCUT2D eigenvalue weighted by atomic mass is 10.2. The van der Waals surface area contributed by atoms with Gasteiger partial charge in [-0.15, -0.1) is 15.3 Å². The van der Waals surface area contributed by atoms with Gasteiger partial charge in [0, 0.05) is 11.3 Å². The number of amides is 1. The first-order chi connectivity index (χ1) is 14.3. The Balaban J connectivity index is 1.64. The summed E-state index contributed by atoms with van der Waals surface area (Å²) in [6.45, 7) is 0. The Labute approximate surface area is 165 Å². The highest BCUT2D eigenvalue weighted by Gasteiger charge is 2.42. The van der Waals surface area contributed by atoms with Crippen molar-refractivity contribution in [2.75, 3.05) is 5.32 Å². The summed E-state index contributed by atoms with van der Waals surface area (Å²) < 4.78 is 59.8. The lowest BCUT2D eigenvalue weighted by Gasteiger charge is -2.11. The van der Waals surface area contributed by atoms with E-state index >= 15 is 0 Å². The maximum atomic E-state index is 13.6. The molecule has 0 radical (unpaired) electrons. The molecule has 2 aromatic heterocycles. The van der Waals surface area contributed by atoms with Crippen LogP contribution < -0.4 is 5.32 Å². The third-order valence-electron chi connectivity index (χ3n) is 3.96. The molecule has 0 unspecified atom stereocenters. The lowest BCUT2D eigenvalue weighted by Crippen LogP contribution is -2.21. The van der Waals surface area contributed by atoms with Gasteiger partial charge in [-0.2, -0.15) is 13.2 Å². The number of rotatable bonds is 4. The van der Waals surface area contributed by atoms with E-state index in [0.717, 1.165) is 18.5 Å². The van der Waals surface area contributed by atoms with Crippen molar-refractivity contribution in [2.45, 2.75) is 6.18 Å². The zero-order valence-corrected chi connectivity index (χ0v) is 14.8. The standard InChI is InChI=1S/C18H10F4N6O2/c19-11-2-1-3-13(8-11)28-15(18(20,21)22)14(25-27-28)16(29)24-12-6-4-10(5-7-12)17-26-23-9-30-17/h1-9H,(H,24,29). The Morgan fingerprint density at radius 1 is 1.07 bits per heavy atom. The van der Waals surface area contributed by atoms with Crippen LogP contribution in [0.25, 0.3) is 17.1 Å². The number of halogens is 4. The number of nitrogens with zero attached hydrogens (tertiary/aromatic N) is 5. The third-order valence-corrected chi connectivity index (χ3v) is 3.96. The second-order valence-electron chi connectivity index (χ2n) is 5.95. The highest BCUT2D eigenvalue weighted by Crippen LogP contribution is 2.33. The molecule has 4 rings (SSSR count). The molecule has 1 N–H and O–H groups in total. The molecule has 152 valence electrons. The second kappa shape index (κ2) is 7.39. The summed E-state index contributed by atoms with van der Waals surface area (Å²) >= 11 is 0. The first-order valence-corrected chi connectivity index (χ1v) is 8.30. The van der Waals surface area contributed by atoms with Gasteiger partial charge in [0.15, 0.2) is 11.4 Å². The number of carbonyl (C=O) groups is 1. The zero-order valence-electron chi connectivity index (χ0n) is 14.8. The third kappa shape index (κ3) is 3.74. The first-order valence-electron chi connectivity index (χ1n) is 8.30. The number of benzene rings is 2. The summed E-state index contributed by atoms with van der Waals surface area (Å²) in [6.07, 6.45) is -3.82. The molecule has 0 atom stereocenters. The van der Waals surface area contributed by atoms with Crippen molar-refractivity contribution in [1.82, 2.24) is 25.2 Å². The van der Waals surface area contributed by atoms with Crippen LogP contribution in [0.15, 0.2) is 59.3 Å². The van der Waals surface area contributed by atoms with Gasteiger partial charge in [-0.1, -0.05) is 11.3 Å². The van der Waals surface area contributed by atoms with Gasteiger partial charge in [0.1, 0.15) is 5.82 Å². The summed E-state index contributed by atoms with van der Waals surface area (Å²) in [7, 11) is 0. The summed E-state index contributed by atoms with van der Waals surface area (Å²) in [5.41, 5.74) is -1.84. The van der Waals surface area contributed by atoms with Crippen LogP contribution in [0, 0.1) is 5.82 Å².